The Labute approximate surface area is 119 Å². The molecule has 1 atom stereocenters. The third-order valence-corrected chi connectivity index (χ3v) is 3.08. The van der Waals surface area contributed by atoms with E-state index in [9.17, 15) is 4.79 Å². The molecule has 20 heavy (non-hydrogen) atoms. The third-order valence-electron chi connectivity index (χ3n) is 3.08. The van der Waals surface area contributed by atoms with E-state index in [0.29, 0.717) is 0 Å². The summed E-state index contributed by atoms with van der Waals surface area (Å²) in [5, 5.41) is 10.6. The molecule has 1 aliphatic heterocycles. The number of ether oxygens (including phenoxy) is 1. The van der Waals surface area contributed by atoms with Crippen LogP contribution in [0, 0.1) is 0 Å². The summed E-state index contributed by atoms with van der Waals surface area (Å²) in [7, 11) is 0. The summed E-state index contributed by atoms with van der Waals surface area (Å²) in [6.07, 6.45) is 5.07. The van der Waals surface area contributed by atoms with Gasteiger partial charge in [0.25, 0.3) is 0 Å². The second-order valence-electron chi connectivity index (χ2n) is 6.03. The van der Waals surface area contributed by atoms with Crippen molar-refractivity contribution in [3.05, 3.63) is 18.5 Å². The fourth-order valence-corrected chi connectivity index (χ4v) is 2.27. The maximum absolute atomic E-state index is 11.8. The second-order valence-corrected chi connectivity index (χ2v) is 6.03. The first-order valence-corrected chi connectivity index (χ1v) is 6.95. The minimum Gasteiger partial charge on any atom is -0.444 e. The molecular weight excluding hydrogens is 256 g/mol. The summed E-state index contributed by atoms with van der Waals surface area (Å²) in [4.78, 5) is 14.0. The van der Waals surface area contributed by atoms with Crippen LogP contribution in [0.25, 0.3) is 0 Å². The molecule has 1 amide bonds. The Hall–Kier alpha value is -1.85. The van der Waals surface area contributed by atoms with Crippen LogP contribution in [0.2, 0.25) is 0 Å². The molecular formula is C14H22N4O2. The lowest BCUT2D eigenvalue weighted by Gasteiger charge is -2.34. The number of nitrogens with one attached hydrogen (secondary N) is 1. The number of nitrogens with zero attached hydrogens (tertiary/aromatic N) is 3. The number of carbonyl (C=O) groups is 1. The lowest BCUT2D eigenvalue weighted by atomic mass is 10.1. The number of hydrogen-bond donors (Lipinski definition) is 1. The van der Waals surface area contributed by atoms with Gasteiger partial charge in [-0.2, -0.15) is 10.2 Å². The zero-order valence-electron chi connectivity index (χ0n) is 12.3. The van der Waals surface area contributed by atoms with Crippen molar-refractivity contribution in [1.29, 1.82) is 0 Å². The highest BCUT2D eigenvalue weighted by molar-refractivity contribution is 5.68. The minimum absolute atomic E-state index is 0.103. The largest absolute Gasteiger partial charge is 0.444 e. The van der Waals surface area contributed by atoms with Crippen LogP contribution in [0.4, 0.5) is 10.5 Å². The highest BCUT2D eigenvalue weighted by Gasteiger charge is 2.24. The van der Waals surface area contributed by atoms with Crippen LogP contribution in [-0.2, 0) is 4.74 Å². The molecule has 0 aromatic carbocycles. The van der Waals surface area contributed by atoms with Crippen molar-refractivity contribution in [3.63, 3.8) is 0 Å². The van der Waals surface area contributed by atoms with Crippen molar-refractivity contribution in [2.45, 2.75) is 45.3 Å². The van der Waals surface area contributed by atoms with Gasteiger partial charge in [0, 0.05) is 19.1 Å². The van der Waals surface area contributed by atoms with E-state index in [4.69, 9.17) is 4.74 Å². The van der Waals surface area contributed by atoms with Gasteiger partial charge in [0.15, 0.2) is 0 Å². The van der Waals surface area contributed by atoms with Crippen molar-refractivity contribution < 1.29 is 9.53 Å². The van der Waals surface area contributed by atoms with Crippen LogP contribution in [0.5, 0.6) is 0 Å². The van der Waals surface area contributed by atoms with Crippen LogP contribution >= 0.6 is 0 Å². The first-order chi connectivity index (χ1) is 9.44. The SMILES string of the molecule is CC(C)(C)OC(=O)N[C@H]1CCCN(c2ccnnc2)C1. The topological polar surface area (TPSA) is 67.3 Å². The van der Waals surface area contributed by atoms with E-state index in [2.05, 4.69) is 20.4 Å². The quantitative estimate of drug-likeness (QED) is 0.896. The fourth-order valence-electron chi connectivity index (χ4n) is 2.27. The molecule has 1 saturated heterocycles. The normalized spacial score (nSPS) is 19.6. The number of hydrogen-bond acceptors (Lipinski definition) is 5. The van der Waals surface area contributed by atoms with E-state index >= 15 is 0 Å². The van der Waals surface area contributed by atoms with E-state index in [1.807, 2.05) is 26.8 Å². The van der Waals surface area contributed by atoms with Crippen LogP contribution in [0.15, 0.2) is 18.5 Å². The first kappa shape index (κ1) is 14.6. The molecule has 6 heteroatoms. The van der Waals surface area contributed by atoms with Gasteiger partial charge in [-0.15, -0.1) is 0 Å². The van der Waals surface area contributed by atoms with Gasteiger partial charge in [-0.05, 0) is 39.7 Å². The molecule has 0 unspecified atom stereocenters. The highest BCUT2D eigenvalue weighted by Crippen LogP contribution is 2.18. The Morgan fingerprint density at radius 3 is 2.90 bits per heavy atom. The summed E-state index contributed by atoms with van der Waals surface area (Å²) >= 11 is 0. The molecule has 6 nitrogen and oxygen atoms in total. The number of piperidine rings is 1. The number of aromatic nitrogens is 2. The Kier molecular flexibility index (Phi) is 4.42. The Morgan fingerprint density at radius 2 is 2.25 bits per heavy atom. The van der Waals surface area contributed by atoms with Crippen LogP contribution in [0.3, 0.4) is 0 Å². The molecule has 1 fully saturated rings. The lowest BCUT2D eigenvalue weighted by Crippen LogP contribution is -2.49. The van der Waals surface area contributed by atoms with E-state index in [0.717, 1.165) is 31.6 Å². The second kappa shape index (κ2) is 6.07. The maximum Gasteiger partial charge on any atom is 0.407 e. The molecule has 0 radical (unpaired) electrons. The molecule has 2 rings (SSSR count). The molecule has 110 valence electrons. The van der Waals surface area contributed by atoms with Gasteiger partial charge in [-0.1, -0.05) is 0 Å². The number of anilines is 1. The summed E-state index contributed by atoms with van der Waals surface area (Å²) in [6, 6.07) is 2.04. The van der Waals surface area contributed by atoms with Crippen LogP contribution < -0.4 is 10.2 Å². The molecule has 0 aliphatic carbocycles. The predicted octanol–water partition coefficient (Wildman–Crippen LogP) is 1.97. The van der Waals surface area contributed by atoms with Gasteiger partial charge >= 0.3 is 6.09 Å². The summed E-state index contributed by atoms with van der Waals surface area (Å²) in [5.74, 6) is 0. The zero-order chi connectivity index (χ0) is 14.6. The Bertz CT molecular complexity index is 444. The average molecular weight is 278 g/mol. The van der Waals surface area contributed by atoms with E-state index < -0.39 is 5.60 Å². The van der Waals surface area contributed by atoms with Gasteiger partial charge in [0.2, 0.25) is 0 Å². The zero-order valence-corrected chi connectivity index (χ0v) is 12.3. The van der Waals surface area contributed by atoms with Gasteiger partial charge < -0.3 is 15.0 Å². The van der Waals surface area contributed by atoms with E-state index in [1.54, 1.807) is 12.4 Å². The van der Waals surface area contributed by atoms with Crippen molar-refractivity contribution in [2.24, 2.45) is 0 Å². The monoisotopic (exact) mass is 278 g/mol. The van der Waals surface area contributed by atoms with E-state index in [1.165, 1.54) is 0 Å². The number of rotatable bonds is 2. The van der Waals surface area contributed by atoms with Crippen molar-refractivity contribution >= 4 is 11.8 Å². The van der Waals surface area contributed by atoms with Gasteiger partial charge in [0.1, 0.15) is 5.60 Å². The molecule has 0 spiro atoms. The Morgan fingerprint density at radius 1 is 1.45 bits per heavy atom. The fraction of sp³-hybridized carbons (Fsp3) is 0.643. The van der Waals surface area contributed by atoms with Crippen LogP contribution in [0.1, 0.15) is 33.6 Å². The van der Waals surface area contributed by atoms with Crippen molar-refractivity contribution in [3.8, 4) is 0 Å². The van der Waals surface area contributed by atoms with Crippen LogP contribution in [-0.4, -0.2) is 41.0 Å². The molecule has 1 aromatic heterocycles. The first-order valence-electron chi connectivity index (χ1n) is 6.95. The predicted molar refractivity (Wildman–Crippen MR) is 76.6 cm³/mol. The summed E-state index contributed by atoms with van der Waals surface area (Å²) < 4.78 is 5.29. The molecule has 2 heterocycles. The van der Waals surface area contributed by atoms with Gasteiger partial charge in [0.05, 0.1) is 18.1 Å². The number of carbonyl (C=O) groups excluding carboxylic acids is 1. The Balaban J connectivity index is 1.89. The average Bonchev–Trinajstić information content (AvgIpc) is 2.38. The number of alkyl carbamates (subject to hydrolysis) is 1. The smallest absolute Gasteiger partial charge is 0.407 e. The molecule has 0 bridgehead atoms. The number of amides is 1. The molecule has 0 saturated carbocycles. The maximum atomic E-state index is 11.8. The van der Waals surface area contributed by atoms with Gasteiger partial charge in [-0.25, -0.2) is 4.79 Å². The summed E-state index contributed by atoms with van der Waals surface area (Å²) in [6.45, 7) is 7.33. The minimum atomic E-state index is -0.465. The molecule has 1 aromatic rings. The van der Waals surface area contributed by atoms with E-state index in [-0.39, 0.29) is 12.1 Å². The molecule has 1 aliphatic rings. The van der Waals surface area contributed by atoms with Crippen molar-refractivity contribution in [1.82, 2.24) is 15.5 Å². The third kappa shape index (κ3) is 4.36. The van der Waals surface area contributed by atoms with Crippen molar-refractivity contribution in [2.75, 3.05) is 18.0 Å². The lowest BCUT2D eigenvalue weighted by molar-refractivity contribution is 0.0500. The van der Waals surface area contributed by atoms with Gasteiger partial charge in [-0.3, -0.25) is 0 Å². The standard InChI is InChI=1S/C14H22N4O2/c1-14(2,3)20-13(19)17-11-5-4-8-18(10-11)12-6-7-15-16-9-12/h6-7,9,11H,4-5,8,10H2,1-3H3,(H,17,19)/t11-/m0/s1. The highest BCUT2D eigenvalue weighted by atomic mass is 16.6. The molecule has 1 N–H and O–H groups in total. The summed E-state index contributed by atoms with van der Waals surface area (Å²) in [5.41, 5.74) is 0.573.